The van der Waals surface area contributed by atoms with E-state index in [1.807, 2.05) is 42.6 Å². The molecule has 5 heteroatoms. The van der Waals surface area contributed by atoms with Crippen LogP contribution in [0.5, 0.6) is 0 Å². The second-order valence-corrected chi connectivity index (χ2v) is 6.11. The van der Waals surface area contributed by atoms with Crippen LogP contribution >= 0.6 is 0 Å². The summed E-state index contributed by atoms with van der Waals surface area (Å²) >= 11 is 0. The highest BCUT2D eigenvalue weighted by Gasteiger charge is 2.02. The van der Waals surface area contributed by atoms with E-state index < -0.39 is 0 Å². The number of hydrogen-bond donors (Lipinski definition) is 0. The van der Waals surface area contributed by atoms with Gasteiger partial charge in [-0.2, -0.15) is 0 Å². The lowest BCUT2D eigenvalue weighted by atomic mass is 10.2. The van der Waals surface area contributed by atoms with Crippen LogP contribution in [0, 0.1) is 0 Å². The maximum atomic E-state index is 5.68. The maximum Gasteiger partial charge on any atom is 0.108 e. The van der Waals surface area contributed by atoms with Crippen LogP contribution in [-0.2, 0) is 35.5 Å². The second kappa shape index (κ2) is 10.5. The normalized spacial score (nSPS) is 10.9. The van der Waals surface area contributed by atoms with Crippen molar-refractivity contribution in [2.24, 2.45) is 0 Å². The van der Waals surface area contributed by atoms with E-state index in [1.54, 1.807) is 4.68 Å². The fourth-order valence-electron chi connectivity index (χ4n) is 2.62. The van der Waals surface area contributed by atoms with Crippen molar-refractivity contribution in [3.05, 3.63) is 83.7 Å². The van der Waals surface area contributed by atoms with Crippen molar-refractivity contribution >= 4 is 0 Å². The average Bonchev–Trinajstić information content (AvgIpc) is 3.14. The van der Waals surface area contributed by atoms with Crippen LogP contribution in [0.15, 0.2) is 66.9 Å². The SMILES string of the molecule is c1ccc(CCOCCn2cc(COCCc3ccccc3)nn2)cc1. The van der Waals surface area contributed by atoms with Gasteiger partial charge in [0.25, 0.3) is 0 Å². The largest absolute Gasteiger partial charge is 0.379 e. The predicted molar refractivity (Wildman–Crippen MR) is 101 cm³/mol. The highest BCUT2D eigenvalue weighted by molar-refractivity contribution is 5.15. The van der Waals surface area contributed by atoms with Crippen molar-refractivity contribution in [1.29, 1.82) is 0 Å². The monoisotopic (exact) mass is 351 g/mol. The smallest absolute Gasteiger partial charge is 0.108 e. The number of rotatable bonds is 11. The lowest BCUT2D eigenvalue weighted by Crippen LogP contribution is -2.08. The minimum atomic E-state index is 0.488. The van der Waals surface area contributed by atoms with Crippen LogP contribution < -0.4 is 0 Å². The molecule has 0 saturated carbocycles. The molecule has 3 rings (SSSR count). The van der Waals surface area contributed by atoms with E-state index >= 15 is 0 Å². The van der Waals surface area contributed by atoms with Gasteiger partial charge in [0.2, 0.25) is 0 Å². The summed E-state index contributed by atoms with van der Waals surface area (Å²) in [6, 6.07) is 20.7. The van der Waals surface area contributed by atoms with Crippen molar-refractivity contribution in [1.82, 2.24) is 15.0 Å². The minimum absolute atomic E-state index is 0.488. The zero-order valence-electron chi connectivity index (χ0n) is 15.0. The summed E-state index contributed by atoms with van der Waals surface area (Å²) < 4.78 is 13.2. The van der Waals surface area contributed by atoms with E-state index in [-0.39, 0.29) is 0 Å². The van der Waals surface area contributed by atoms with Crippen LogP contribution in [0.25, 0.3) is 0 Å². The zero-order chi connectivity index (χ0) is 17.9. The van der Waals surface area contributed by atoms with Gasteiger partial charge in [0.15, 0.2) is 0 Å². The first-order valence-electron chi connectivity index (χ1n) is 9.02. The van der Waals surface area contributed by atoms with Crippen molar-refractivity contribution in [2.75, 3.05) is 19.8 Å². The number of aromatic nitrogens is 3. The Hall–Kier alpha value is -2.50. The molecule has 5 nitrogen and oxygen atoms in total. The van der Waals surface area contributed by atoms with Crippen LogP contribution in [0.4, 0.5) is 0 Å². The van der Waals surface area contributed by atoms with Gasteiger partial charge in [-0.15, -0.1) is 5.10 Å². The van der Waals surface area contributed by atoms with Gasteiger partial charge in [0.1, 0.15) is 5.69 Å². The summed E-state index contributed by atoms with van der Waals surface area (Å²) in [5, 5.41) is 8.26. The molecule has 0 radical (unpaired) electrons. The number of benzene rings is 2. The zero-order valence-corrected chi connectivity index (χ0v) is 15.0. The Labute approximate surface area is 154 Å². The van der Waals surface area contributed by atoms with Gasteiger partial charge in [0.05, 0.1) is 39.2 Å². The minimum Gasteiger partial charge on any atom is -0.379 e. The van der Waals surface area contributed by atoms with Gasteiger partial charge in [-0.3, -0.25) is 0 Å². The second-order valence-electron chi connectivity index (χ2n) is 6.11. The lowest BCUT2D eigenvalue weighted by Gasteiger charge is -2.04. The van der Waals surface area contributed by atoms with Crippen LogP contribution in [0.3, 0.4) is 0 Å². The Morgan fingerprint density at radius 2 is 1.35 bits per heavy atom. The summed E-state index contributed by atoms with van der Waals surface area (Å²) in [5.41, 5.74) is 3.43. The molecule has 136 valence electrons. The van der Waals surface area contributed by atoms with E-state index in [4.69, 9.17) is 9.47 Å². The van der Waals surface area contributed by atoms with E-state index in [0.29, 0.717) is 33.0 Å². The molecule has 0 saturated heterocycles. The summed E-state index contributed by atoms with van der Waals surface area (Å²) in [4.78, 5) is 0. The molecule has 0 fully saturated rings. The maximum absolute atomic E-state index is 5.68. The van der Waals surface area contributed by atoms with Crippen LogP contribution in [0.2, 0.25) is 0 Å². The quantitative estimate of drug-likeness (QED) is 0.497. The highest BCUT2D eigenvalue weighted by atomic mass is 16.5. The molecule has 0 aliphatic rings. The third-order valence-electron chi connectivity index (χ3n) is 4.06. The van der Waals surface area contributed by atoms with Crippen LogP contribution in [-0.4, -0.2) is 34.8 Å². The van der Waals surface area contributed by atoms with Gasteiger partial charge in [0, 0.05) is 0 Å². The van der Waals surface area contributed by atoms with Gasteiger partial charge in [-0.1, -0.05) is 65.9 Å². The topological polar surface area (TPSA) is 49.2 Å². The number of ether oxygens (including phenoxy) is 2. The molecule has 0 aliphatic heterocycles. The summed E-state index contributed by atoms with van der Waals surface area (Å²) in [5.74, 6) is 0. The molecule has 0 N–H and O–H groups in total. The van der Waals surface area contributed by atoms with E-state index in [9.17, 15) is 0 Å². The summed E-state index contributed by atoms with van der Waals surface area (Å²) in [6.07, 6.45) is 3.76. The molecule has 0 unspecified atom stereocenters. The standard InChI is InChI=1S/C21H25N3O2/c1-3-7-19(8-4-1)11-14-25-16-13-24-17-21(22-23-24)18-26-15-12-20-9-5-2-6-10-20/h1-10,17H,11-16,18H2. The molecule has 1 heterocycles. The van der Waals surface area contributed by atoms with Gasteiger partial charge in [-0.25, -0.2) is 4.68 Å². The van der Waals surface area contributed by atoms with E-state index in [0.717, 1.165) is 18.5 Å². The highest BCUT2D eigenvalue weighted by Crippen LogP contribution is 2.02. The predicted octanol–water partition coefficient (Wildman–Crippen LogP) is 3.30. The molecule has 1 aromatic heterocycles. The molecule has 3 aromatic rings. The summed E-state index contributed by atoms with van der Waals surface area (Å²) in [6.45, 7) is 3.21. The Balaban J connectivity index is 1.27. The van der Waals surface area contributed by atoms with Gasteiger partial charge >= 0.3 is 0 Å². The summed E-state index contributed by atoms with van der Waals surface area (Å²) in [7, 11) is 0. The molecular formula is C21H25N3O2. The number of hydrogen-bond acceptors (Lipinski definition) is 4. The Bertz CT molecular complexity index is 744. The third-order valence-corrected chi connectivity index (χ3v) is 4.06. The molecule has 0 amide bonds. The fourth-order valence-corrected chi connectivity index (χ4v) is 2.62. The first kappa shape index (κ1) is 18.3. The molecule has 0 bridgehead atoms. The van der Waals surface area contributed by atoms with Gasteiger partial charge < -0.3 is 9.47 Å². The fraction of sp³-hybridized carbons (Fsp3) is 0.333. The molecule has 26 heavy (non-hydrogen) atoms. The molecule has 0 aliphatic carbocycles. The molecule has 2 aromatic carbocycles. The van der Waals surface area contributed by atoms with Crippen LogP contribution in [0.1, 0.15) is 16.8 Å². The first-order valence-corrected chi connectivity index (χ1v) is 9.02. The first-order chi connectivity index (χ1) is 12.9. The van der Waals surface area contributed by atoms with Crippen molar-refractivity contribution in [3.8, 4) is 0 Å². The Morgan fingerprint density at radius 1 is 0.731 bits per heavy atom. The molecule has 0 atom stereocenters. The van der Waals surface area contributed by atoms with E-state index in [2.05, 4.69) is 34.6 Å². The lowest BCUT2D eigenvalue weighted by molar-refractivity contribution is 0.121. The molecule has 0 spiro atoms. The van der Waals surface area contributed by atoms with E-state index in [1.165, 1.54) is 11.1 Å². The van der Waals surface area contributed by atoms with Gasteiger partial charge in [-0.05, 0) is 24.0 Å². The van der Waals surface area contributed by atoms with Crippen molar-refractivity contribution < 1.29 is 9.47 Å². The Kier molecular flexibility index (Phi) is 7.38. The molecular weight excluding hydrogens is 326 g/mol. The Morgan fingerprint density at radius 3 is 2.00 bits per heavy atom. The number of nitrogens with zero attached hydrogens (tertiary/aromatic N) is 3. The average molecular weight is 351 g/mol. The van der Waals surface area contributed by atoms with Crippen molar-refractivity contribution in [3.63, 3.8) is 0 Å². The van der Waals surface area contributed by atoms with Crippen molar-refractivity contribution in [2.45, 2.75) is 26.0 Å². The third kappa shape index (κ3) is 6.43.